The van der Waals surface area contributed by atoms with Gasteiger partial charge in [-0.3, -0.25) is 0 Å². The molecular formula is C16H16Cl2N2O2. The highest BCUT2D eigenvalue weighted by Gasteiger charge is 2.00. The topological polar surface area (TPSA) is 50.4 Å². The Balaban J connectivity index is 1.61. The third-order valence-electron chi connectivity index (χ3n) is 2.84. The minimum absolute atomic E-state index is 0.241. The zero-order valence-electron chi connectivity index (χ0n) is 11.8. The number of amides is 2. The molecule has 0 fully saturated rings. The molecule has 2 amide bonds. The summed E-state index contributed by atoms with van der Waals surface area (Å²) in [5, 5.41) is 6.81. The molecule has 0 saturated carbocycles. The largest absolute Gasteiger partial charge is 0.492 e. The summed E-state index contributed by atoms with van der Waals surface area (Å²) in [6.07, 6.45) is 0. The Morgan fingerprint density at radius 3 is 2.14 bits per heavy atom. The molecule has 0 aliphatic carbocycles. The Bertz CT molecular complexity index is 601. The lowest BCUT2D eigenvalue weighted by atomic mass is 10.2. The number of benzene rings is 2. The molecular weight excluding hydrogens is 323 g/mol. The van der Waals surface area contributed by atoms with E-state index in [2.05, 4.69) is 10.6 Å². The van der Waals surface area contributed by atoms with Crippen molar-refractivity contribution in [1.29, 1.82) is 0 Å². The standard InChI is InChI=1S/C16H16Cl2N2O2/c17-13-3-1-12(2-4-13)11-20-16(21)19-9-10-22-15-7-5-14(18)6-8-15/h1-8H,9-11H2,(H2,19,20,21). The Hall–Kier alpha value is -1.91. The molecule has 2 rings (SSSR count). The first kappa shape index (κ1) is 16.5. The number of carbonyl (C=O) groups is 1. The molecule has 0 atom stereocenters. The highest BCUT2D eigenvalue weighted by atomic mass is 35.5. The van der Waals surface area contributed by atoms with Crippen LogP contribution in [0, 0.1) is 0 Å². The fourth-order valence-corrected chi connectivity index (χ4v) is 1.96. The van der Waals surface area contributed by atoms with Crippen LogP contribution in [0.2, 0.25) is 10.0 Å². The van der Waals surface area contributed by atoms with E-state index in [0.29, 0.717) is 35.5 Å². The maximum absolute atomic E-state index is 11.6. The van der Waals surface area contributed by atoms with Gasteiger partial charge in [0.25, 0.3) is 0 Å². The zero-order valence-corrected chi connectivity index (χ0v) is 13.3. The van der Waals surface area contributed by atoms with Gasteiger partial charge in [0, 0.05) is 16.6 Å². The van der Waals surface area contributed by atoms with Gasteiger partial charge in [0.1, 0.15) is 12.4 Å². The van der Waals surface area contributed by atoms with Gasteiger partial charge in [-0.1, -0.05) is 35.3 Å². The van der Waals surface area contributed by atoms with Crippen molar-refractivity contribution in [2.45, 2.75) is 6.54 Å². The lowest BCUT2D eigenvalue weighted by molar-refractivity contribution is 0.236. The van der Waals surface area contributed by atoms with E-state index in [4.69, 9.17) is 27.9 Å². The quantitative estimate of drug-likeness (QED) is 0.785. The van der Waals surface area contributed by atoms with Crippen molar-refractivity contribution in [2.75, 3.05) is 13.2 Å². The van der Waals surface area contributed by atoms with Crippen LogP contribution in [0.4, 0.5) is 4.79 Å². The lowest BCUT2D eigenvalue weighted by Crippen LogP contribution is -2.37. The van der Waals surface area contributed by atoms with Crippen molar-refractivity contribution >= 4 is 29.2 Å². The van der Waals surface area contributed by atoms with E-state index in [9.17, 15) is 4.79 Å². The predicted octanol–water partition coefficient (Wildman–Crippen LogP) is 3.87. The highest BCUT2D eigenvalue weighted by molar-refractivity contribution is 6.30. The van der Waals surface area contributed by atoms with Crippen molar-refractivity contribution in [2.24, 2.45) is 0 Å². The predicted molar refractivity (Wildman–Crippen MR) is 88.6 cm³/mol. The van der Waals surface area contributed by atoms with Crippen molar-refractivity contribution in [3.05, 3.63) is 64.1 Å². The van der Waals surface area contributed by atoms with E-state index in [1.54, 1.807) is 36.4 Å². The Kier molecular flexibility index (Phi) is 6.37. The lowest BCUT2D eigenvalue weighted by Gasteiger charge is -2.09. The van der Waals surface area contributed by atoms with Gasteiger partial charge in [0.05, 0.1) is 6.54 Å². The van der Waals surface area contributed by atoms with Gasteiger partial charge in [-0.2, -0.15) is 0 Å². The molecule has 4 nitrogen and oxygen atoms in total. The zero-order chi connectivity index (χ0) is 15.8. The second-order valence-corrected chi connectivity index (χ2v) is 5.41. The van der Waals surface area contributed by atoms with Crippen LogP contribution >= 0.6 is 23.2 Å². The van der Waals surface area contributed by atoms with Gasteiger partial charge in [-0.25, -0.2) is 4.79 Å². The molecule has 116 valence electrons. The van der Waals surface area contributed by atoms with E-state index in [1.165, 1.54) is 0 Å². The Morgan fingerprint density at radius 2 is 1.50 bits per heavy atom. The maximum Gasteiger partial charge on any atom is 0.315 e. The summed E-state index contributed by atoms with van der Waals surface area (Å²) in [6.45, 7) is 1.24. The van der Waals surface area contributed by atoms with Crippen LogP contribution in [0.15, 0.2) is 48.5 Å². The third-order valence-corrected chi connectivity index (χ3v) is 3.34. The van der Waals surface area contributed by atoms with Crippen LogP contribution in [-0.4, -0.2) is 19.2 Å². The number of ether oxygens (including phenoxy) is 1. The number of halogens is 2. The van der Waals surface area contributed by atoms with E-state index in [1.807, 2.05) is 12.1 Å². The normalized spacial score (nSPS) is 10.1. The summed E-state index contributed by atoms with van der Waals surface area (Å²) in [6, 6.07) is 14.1. The van der Waals surface area contributed by atoms with Crippen molar-refractivity contribution < 1.29 is 9.53 Å². The van der Waals surface area contributed by atoms with Crippen LogP contribution in [0.5, 0.6) is 5.75 Å². The minimum Gasteiger partial charge on any atom is -0.492 e. The van der Waals surface area contributed by atoms with Crippen LogP contribution in [-0.2, 0) is 6.54 Å². The molecule has 0 spiro atoms. The summed E-state index contributed by atoms with van der Waals surface area (Å²) in [4.78, 5) is 11.6. The molecule has 0 saturated heterocycles. The van der Waals surface area contributed by atoms with Gasteiger partial charge in [0.15, 0.2) is 0 Å². The first-order valence-electron chi connectivity index (χ1n) is 6.78. The van der Waals surface area contributed by atoms with E-state index >= 15 is 0 Å². The van der Waals surface area contributed by atoms with Gasteiger partial charge in [-0.05, 0) is 42.0 Å². The van der Waals surface area contributed by atoms with Crippen LogP contribution < -0.4 is 15.4 Å². The summed E-state index contributed by atoms with van der Waals surface area (Å²) in [7, 11) is 0. The first-order valence-corrected chi connectivity index (χ1v) is 7.53. The number of nitrogens with one attached hydrogen (secondary N) is 2. The summed E-state index contributed by atoms with van der Waals surface area (Å²) in [5.74, 6) is 0.716. The van der Waals surface area contributed by atoms with Gasteiger partial charge in [0.2, 0.25) is 0 Å². The molecule has 22 heavy (non-hydrogen) atoms. The minimum atomic E-state index is -0.241. The van der Waals surface area contributed by atoms with Crippen LogP contribution in [0.1, 0.15) is 5.56 Å². The molecule has 0 aliphatic rings. The molecule has 0 bridgehead atoms. The first-order chi connectivity index (χ1) is 10.6. The number of urea groups is 1. The summed E-state index contributed by atoms with van der Waals surface area (Å²) < 4.78 is 5.47. The summed E-state index contributed by atoms with van der Waals surface area (Å²) >= 11 is 11.6. The van der Waals surface area contributed by atoms with Gasteiger partial charge >= 0.3 is 6.03 Å². The van der Waals surface area contributed by atoms with Crippen LogP contribution in [0.25, 0.3) is 0 Å². The molecule has 2 aromatic rings. The van der Waals surface area contributed by atoms with Gasteiger partial charge in [-0.15, -0.1) is 0 Å². The third kappa shape index (κ3) is 5.84. The van der Waals surface area contributed by atoms with E-state index in [-0.39, 0.29) is 6.03 Å². The maximum atomic E-state index is 11.6. The fourth-order valence-electron chi connectivity index (χ4n) is 1.71. The van der Waals surface area contributed by atoms with Crippen molar-refractivity contribution in [3.8, 4) is 5.75 Å². The second-order valence-electron chi connectivity index (χ2n) is 4.54. The number of carbonyl (C=O) groups excluding carboxylic acids is 1. The molecule has 2 aromatic carbocycles. The highest BCUT2D eigenvalue weighted by Crippen LogP contribution is 2.15. The molecule has 0 aliphatic heterocycles. The Labute approximate surface area is 139 Å². The smallest absolute Gasteiger partial charge is 0.315 e. The number of hydrogen-bond acceptors (Lipinski definition) is 2. The number of hydrogen-bond donors (Lipinski definition) is 2. The fraction of sp³-hybridized carbons (Fsp3) is 0.188. The number of rotatable bonds is 6. The average molecular weight is 339 g/mol. The molecule has 0 aromatic heterocycles. The Morgan fingerprint density at radius 1 is 0.909 bits per heavy atom. The summed E-state index contributed by atoms with van der Waals surface area (Å²) in [5.41, 5.74) is 0.983. The molecule has 0 unspecified atom stereocenters. The second kappa shape index (κ2) is 8.51. The van der Waals surface area contributed by atoms with Crippen molar-refractivity contribution in [1.82, 2.24) is 10.6 Å². The van der Waals surface area contributed by atoms with Crippen molar-refractivity contribution in [3.63, 3.8) is 0 Å². The van der Waals surface area contributed by atoms with E-state index in [0.717, 1.165) is 5.56 Å². The molecule has 2 N–H and O–H groups in total. The molecule has 0 heterocycles. The van der Waals surface area contributed by atoms with Crippen LogP contribution in [0.3, 0.4) is 0 Å². The van der Waals surface area contributed by atoms with E-state index < -0.39 is 0 Å². The average Bonchev–Trinajstić information content (AvgIpc) is 2.53. The SMILES string of the molecule is O=C(NCCOc1ccc(Cl)cc1)NCc1ccc(Cl)cc1. The molecule has 0 radical (unpaired) electrons. The van der Waals surface area contributed by atoms with Gasteiger partial charge < -0.3 is 15.4 Å². The molecule has 6 heteroatoms. The monoisotopic (exact) mass is 338 g/mol.